The molecule has 3 heterocycles. The molecule has 0 saturated carbocycles. The van der Waals surface area contributed by atoms with E-state index in [0.717, 1.165) is 34.4 Å². The summed E-state index contributed by atoms with van der Waals surface area (Å²) in [4.78, 5) is 2.08. The molecule has 2 aromatic carbocycles. The second kappa shape index (κ2) is 7.59. The van der Waals surface area contributed by atoms with E-state index in [-0.39, 0.29) is 0 Å². The van der Waals surface area contributed by atoms with Crippen molar-refractivity contribution in [2.24, 2.45) is 0 Å². The Bertz CT molecular complexity index is 1260. The molecular formula is C24H26N6O. The summed E-state index contributed by atoms with van der Waals surface area (Å²) in [5, 5.41) is 13.9. The number of anilines is 4. The summed E-state index contributed by atoms with van der Waals surface area (Å²) in [6.45, 7) is 3.47. The van der Waals surface area contributed by atoms with E-state index >= 15 is 0 Å². The van der Waals surface area contributed by atoms with Gasteiger partial charge in [0.1, 0.15) is 5.82 Å². The highest BCUT2D eigenvalue weighted by Gasteiger charge is 2.21. The normalized spacial score (nSPS) is 12.9. The van der Waals surface area contributed by atoms with E-state index in [1.807, 2.05) is 26.4 Å². The summed E-state index contributed by atoms with van der Waals surface area (Å²) in [6, 6.07) is 14.8. The summed E-state index contributed by atoms with van der Waals surface area (Å²) in [5.41, 5.74) is 12.0. The van der Waals surface area contributed by atoms with Crippen LogP contribution in [-0.2, 0) is 24.4 Å². The van der Waals surface area contributed by atoms with Crippen LogP contribution in [0.15, 0.2) is 48.7 Å². The van der Waals surface area contributed by atoms with Crippen LogP contribution in [0.4, 0.5) is 23.1 Å². The van der Waals surface area contributed by atoms with Crippen LogP contribution >= 0.6 is 0 Å². The molecule has 7 heteroatoms. The number of aryl methyl sites for hydroxylation is 1. The molecule has 5 rings (SSSR count). The van der Waals surface area contributed by atoms with Gasteiger partial charge in [0.2, 0.25) is 0 Å². The van der Waals surface area contributed by atoms with E-state index in [9.17, 15) is 0 Å². The molecule has 0 bridgehead atoms. The van der Waals surface area contributed by atoms with Gasteiger partial charge in [-0.3, -0.25) is 0 Å². The zero-order chi connectivity index (χ0) is 21.5. The second-order valence-electron chi connectivity index (χ2n) is 8.06. The highest BCUT2D eigenvalue weighted by atomic mass is 16.5. The van der Waals surface area contributed by atoms with E-state index < -0.39 is 0 Å². The Kier molecular flexibility index (Phi) is 4.75. The predicted molar refractivity (Wildman–Crippen MR) is 125 cm³/mol. The molecule has 0 radical (unpaired) electrons. The van der Waals surface area contributed by atoms with Gasteiger partial charge in [-0.25, -0.2) is 0 Å². The van der Waals surface area contributed by atoms with Gasteiger partial charge in [0.05, 0.1) is 18.6 Å². The lowest BCUT2D eigenvalue weighted by Gasteiger charge is -2.18. The van der Waals surface area contributed by atoms with E-state index in [2.05, 4.69) is 68.3 Å². The van der Waals surface area contributed by atoms with Crippen molar-refractivity contribution in [1.29, 1.82) is 0 Å². The Balaban J connectivity index is 1.65. The number of ether oxygens (including phenoxy) is 1. The molecule has 0 saturated heterocycles. The molecule has 31 heavy (non-hydrogen) atoms. The molecule has 4 aromatic rings. The molecule has 3 N–H and O–H groups in total. The van der Waals surface area contributed by atoms with Crippen LogP contribution < -0.4 is 16.0 Å². The monoisotopic (exact) mass is 414 g/mol. The van der Waals surface area contributed by atoms with Gasteiger partial charge < -0.3 is 25.3 Å². The average Bonchev–Trinajstić information content (AvgIpc) is 3.41. The lowest BCUT2D eigenvalue weighted by Crippen LogP contribution is -2.14. The van der Waals surface area contributed by atoms with Gasteiger partial charge in [-0.1, -0.05) is 25.1 Å². The third kappa shape index (κ3) is 3.37. The number of nitrogen functional groups attached to an aromatic ring is 1. The molecule has 0 amide bonds. The van der Waals surface area contributed by atoms with Crippen LogP contribution in [-0.4, -0.2) is 28.9 Å². The zero-order valence-corrected chi connectivity index (χ0v) is 18.0. The van der Waals surface area contributed by atoms with Crippen molar-refractivity contribution in [2.45, 2.75) is 26.6 Å². The second-order valence-corrected chi connectivity index (χ2v) is 8.06. The number of rotatable bonds is 5. The number of fused-ring (bicyclic) bond motifs is 2. The molecule has 0 atom stereocenters. The molecule has 0 spiro atoms. The van der Waals surface area contributed by atoms with Gasteiger partial charge in [0.25, 0.3) is 0 Å². The standard InChI is InChI=1S/C24H26N6O/c1-4-15-5-9-19(10-6-15)30-12-20-21(24(30)29(2)3)23(28-27-22(20)25)26-18-8-7-16-13-31-14-17(16)11-18/h5-12H,4,13-14H2,1-3H3,(H2,25,27)(H,26,28). The quantitative estimate of drug-likeness (QED) is 0.504. The number of nitrogens with one attached hydrogen (secondary N) is 1. The number of hydrogen-bond donors (Lipinski definition) is 2. The van der Waals surface area contributed by atoms with Gasteiger partial charge in [-0.05, 0) is 47.4 Å². The van der Waals surface area contributed by atoms with Crippen LogP contribution in [0.3, 0.4) is 0 Å². The van der Waals surface area contributed by atoms with E-state index in [4.69, 9.17) is 10.5 Å². The lowest BCUT2D eigenvalue weighted by atomic mass is 10.1. The fourth-order valence-corrected chi connectivity index (χ4v) is 4.13. The number of nitrogens with zero attached hydrogens (tertiary/aromatic N) is 4. The molecular weight excluding hydrogens is 388 g/mol. The van der Waals surface area contributed by atoms with Crippen molar-refractivity contribution >= 4 is 33.9 Å². The zero-order valence-electron chi connectivity index (χ0n) is 18.0. The SMILES string of the molecule is CCc1ccc(-n2cc3c(N)nnc(Nc4ccc5c(c4)COC5)c3c2N(C)C)cc1. The Morgan fingerprint density at radius 3 is 2.58 bits per heavy atom. The first-order valence-corrected chi connectivity index (χ1v) is 10.5. The highest BCUT2D eigenvalue weighted by molar-refractivity contribution is 6.07. The maximum Gasteiger partial charge on any atom is 0.164 e. The number of benzene rings is 2. The first-order valence-electron chi connectivity index (χ1n) is 10.5. The fourth-order valence-electron chi connectivity index (χ4n) is 4.13. The first-order chi connectivity index (χ1) is 15.0. The largest absolute Gasteiger partial charge is 0.382 e. The van der Waals surface area contributed by atoms with Gasteiger partial charge in [0, 0.05) is 37.1 Å². The Morgan fingerprint density at radius 2 is 1.84 bits per heavy atom. The van der Waals surface area contributed by atoms with Crippen LogP contribution in [0.25, 0.3) is 16.5 Å². The molecule has 0 aliphatic carbocycles. The fraction of sp³-hybridized carbons (Fsp3) is 0.250. The molecule has 1 aliphatic rings. The summed E-state index contributed by atoms with van der Waals surface area (Å²) in [7, 11) is 4.05. The maximum absolute atomic E-state index is 6.25. The minimum Gasteiger partial charge on any atom is -0.382 e. The Hall–Kier alpha value is -3.58. The summed E-state index contributed by atoms with van der Waals surface area (Å²) in [6.07, 6.45) is 3.05. The summed E-state index contributed by atoms with van der Waals surface area (Å²) >= 11 is 0. The van der Waals surface area contributed by atoms with Crippen molar-refractivity contribution in [2.75, 3.05) is 30.0 Å². The average molecular weight is 415 g/mol. The molecule has 0 fully saturated rings. The smallest absolute Gasteiger partial charge is 0.164 e. The number of nitrogens with two attached hydrogens (primary N) is 1. The minimum atomic E-state index is 0.412. The number of hydrogen-bond acceptors (Lipinski definition) is 6. The maximum atomic E-state index is 6.25. The molecule has 158 valence electrons. The Morgan fingerprint density at radius 1 is 1.06 bits per heavy atom. The highest BCUT2D eigenvalue weighted by Crippen LogP contribution is 2.38. The lowest BCUT2D eigenvalue weighted by molar-refractivity contribution is 0.134. The predicted octanol–water partition coefficient (Wildman–Crippen LogP) is 4.40. The van der Waals surface area contributed by atoms with Crippen LogP contribution in [0.5, 0.6) is 0 Å². The molecule has 2 aromatic heterocycles. The van der Waals surface area contributed by atoms with Gasteiger partial charge in [-0.15, -0.1) is 10.2 Å². The Labute approximate surface area is 181 Å². The van der Waals surface area contributed by atoms with E-state index in [1.165, 1.54) is 16.7 Å². The third-order valence-electron chi connectivity index (χ3n) is 5.78. The topological polar surface area (TPSA) is 81.2 Å². The van der Waals surface area contributed by atoms with Crippen molar-refractivity contribution in [3.05, 3.63) is 65.4 Å². The van der Waals surface area contributed by atoms with E-state index in [1.54, 1.807) is 0 Å². The van der Waals surface area contributed by atoms with Crippen LogP contribution in [0.1, 0.15) is 23.6 Å². The number of aromatic nitrogens is 3. The minimum absolute atomic E-state index is 0.412. The van der Waals surface area contributed by atoms with Crippen molar-refractivity contribution in [3.63, 3.8) is 0 Å². The van der Waals surface area contributed by atoms with Crippen molar-refractivity contribution in [3.8, 4) is 5.69 Å². The third-order valence-corrected chi connectivity index (χ3v) is 5.78. The first kappa shape index (κ1) is 19.4. The summed E-state index contributed by atoms with van der Waals surface area (Å²) < 4.78 is 7.69. The molecule has 0 unspecified atom stereocenters. The molecule has 1 aliphatic heterocycles. The van der Waals surface area contributed by atoms with Crippen LogP contribution in [0.2, 0.25) is 0 Å². The van der Waals surface area contributed by atoms with Crippen molar-refractivity contribution < 1.29 is 4.74 Å². The van der Waals surface area contributed by atoms with Gasteiger partial charge in [0.15, 0.2) is 11.6 Å². The summed E-state index contributed by atoms with van der Waals surface area (Å²) in [5.74, 6) is 2.08. The van der Waals surface area contributed by atoms with Crippen molar-refractivity contribution in [1.82, 2.24) is 14.8 Å². The van der Waals surface area contributed by atoms with E-state index in [0.29, 0.717) is 24.8 Å². The molecule has 7 nitrogen and oxygen atoms in total. The van der Waals surface area contributed by atoms with Gasteiger partial charge >= 0.3 is 0 Å². The van der Waals surface area contributed by atoms with Gasteiger partial charge in [-0.2, -0.15) is 0 Å². The van der Waals surface area contributed by atoms with Crippen LogP contribution in [0, 0.1) is 0 Å².